The zero-order chi connectivity index (χ0) is 10.8. The summed E-state index contributed by atoms with van der Waals surface area (Å²) in [7, 11) is 0. The summed E-state index contributed by atoms with van der Waals surface area (Å²) in [5.74, 6) is -0.0799. The molecule has 0 spiro atoms. The Morgan fingerprint density at radius 1 is 1.40 bits per heavy atom. The second kappa shape index (κ2) is 3.87. The standard InChI is InChI=1S/C12H11NOS/c1-8(2)13-12(14)11-7-9-5-3-4-6-10(9)15-11/h3-7H,1H2,2H3,(H,13,14). The minimum Gasteiger partial charge on any atom is -0.326 e. The molecule has 2 rings (SSSR count). The number of allylic oxidation sites excluding steroid dienone is 1. The van der Waals surface area contributed by atoms with Gasteiger partial charge in [0.05, 0.1) is 4.88 Å². The van der Waals surface area contributed by atoms with Gasteiger partial charge in [-0.25, -0.2) is 0 Å². The van der Waals surface area contributed by atoms with Crippen LogP contribution in [-0.4, -0.2) is 5.91 Å². The lowest BCUT2D eigenvalue weighted by Gasteiger charge is -1.99. The van der Waals surface area contributed by atoms with Crippen molar-refractivity contribution in [3.05, 3.63) is 47.5 Å². The lowest BCUT2D eigenvalue weighted by atomic mass is 10.2. The monoisotopic (exact) mass is 217 g/mol. The fraction of sp³-hybridized carbons (Fsp3) is 0.0833. The zero-order valence-electron chi connectivity index (χ0n) is 8.41. The maximum Gasteiger partial charge on any atom is 0.265 e. The summed E-state index contributed by atoms with van der Waals surface area (Å²) in [6.07, 6.45) is 0. The third-order valence-electron chi connectivity index (χ3n) is 1.98. The minimum absolute atomic E-state index is 0.0799. The van der Waals surface area contributed by atoms with E-state index in [0.29, 0.717) is 5.70 Å². The topological polar surface area (TPSA) is 29.1 Å². The van der Waals surface area contributed by atoms with E-state index in [0.717, 1.165) is 15.0 Å². The molecule has 0 bridgehead atoms. The average Bonchev–Trinajstić information content (AvgIpc) is 2.59. The van der Waals surface area contributed by atoms with E-state index in [1.54, 1.807) is 6.92 Å². The van der Waals surface area contributed by atoms with Gasteiger partial charge in [-0.1, -0.05) is 24.8 Å². The fourth-order valence-electron chi connectivity index (χ4n) is 1.35. The van der Waals surface area contributed by atoms with Crippen molar-refractivity contribution in [2.75, 3.05) is 0 Å². The fourth-order valence-corrected chi connectivity index (χ4v) is 2.31. The molecule has 0 unspecified atom stereocenters. The summed E-state index contributed by atoms with van der Waals surface area (Å²) in [5.41, 5.74) is 0.664. The first-order valence-corrected chi connectivity index (χ1v) is 5.44. The summed E-state index contributed by atoms with van der Waals surface area (Å²) < 4.78 is 1.13. The predicted molar refractivity (Wildman–Crippen MR) is 64.1 cm³/mol. The molecule has 1 heterocycles. The van der Waals surface area contributed by atoms with Gasteiger partial charge in [-0.05, 0) is 24.4 Å². The van der Waals surface area contributed by atoms with E-state index >= 15 is 0 Å². The molecule has 2 nitrogen and oxygen atoms in total. The highest BCUT2D eigenvalue weighted by Crippen LogP contribution is 2.25. The van der Waals surface area contributed by atoms with E-state index in [4.69, 9.17) is 0 Å². The molecule has 0 aliphatic heterocycles. The Morgan fingerprint density at radius 3 is 2.80 bits per heavy atom. The molecule has 0 saturated carbocycles. The maximum absolute atomic E-state index is 11.7. The zero-order valence-corrected chi connectivity index (χ0v) is 9.23. The van der Waals surface area contributed by atoms with Crippen LogP contribution in [0.2, 0.25) is 0 Å². The Labute approximate surface area is 92.2 Å². The van der Waals surface area contributed by atoms with E-state index in [-0.39, 0.29) is 5.91 Å². The first-order valence-electron chi connectivity index (χ1n) is 4.62. The van der Waals surface area contributed by atoms with Gasteiger partial charge >= 0.3 is 0 Å². The van der Waals surface area contributed by atoms with Gasteiger partial charge in [0.15, 0.2) is 0 Å². The Morgan fingerprint density at radius 2 is 2.13 bits per heavy atom. The van der Waals surface area contributed by atoms with Gasteiger partial charge in [0.1, 0.15) is 0 Å². The molecular formula is C12H11NOS. The molecule has 0 aliphatic rings. The van der Waals surface area contributed by atoms with Crippen LogP contribution >= 0.6 is 11.3 Å². The molecule has 0 aliphatic carbocycles. The van der Waals surface area contributed by atoms with Gasteiger partial charge in [-0.2, -0.15) is 0 Å². The smallest absolute Gasteiger partial charge is 0.265 e. The van der Waals surface area contributed by atoms with Crippen LogP contribution in [0.1, 0.15) is 16.6 Å². The summed E-state index contributed by atoms with van der Waals surface area (Å²) in [5, 5.41) is 3.80. The van der Waals surface area contributed by atoms with Crippen LogP contribution in [-0.2, 0) is 0 Å². The van der Waals surface area contributed by atoms with Gasteiger partial charge in [-0.15, -0.1) is 11.3 Å². The van der Waals surface area contributed by atoms with Crippen molar-refractivity contribution in [1.29, 1.82) is 0 Å². The van der Waals surface area contributed by atoms with Crippen molar-refractivity contribution in [2.24, 2.45) is 0 Å². The average molecular weight is 217 g/mol. The van der Waals surface area contributed by atoms with Crippen LogP contribution < -0.4 is 5.32 Å². The number of rotatable bonds is 2. The number of fused-ring (bicyclic) bond motifs is 1. The molecule has 0 atom stereocenters. The molecule has 1 aromatic carbocycles. The normalized spacial score (nSPS) is 10.2. The van der Waals surface area contributed by atoms with Crippen molar-refractivity contribution in [3.63, 3.8) is 0 Å². The van der Waals surface area contributed by atoms with E-state index in [1.165, 1.54) is 11.3 Å². The lowest BCUT2D eigenvalue weighted by Crippen LogP contribution is -2.19. The Hall–Kier alpha value is -1.61. The number of benzene rings is 1. The van der Waals surface area contributed by atoms with Crippen LogP contribution in [0.15, 0.2) is 42.6 Å². The van der Waals surface area contributed by atoms with Gasteiger partial charge < -0.3 is 5.32 Å². The molecule has 1 amide bonds. The molecule has 0 fully saturated rings. The summed E-state index contributed by atoms with van der Waals surface area (Å²) in [6.45, 7) is 5.42. The number of nitrogens with one attached hydrogen (secondary N) is 1. The second-order valence-electron chi connectivity index (χ2n) is 3.38. The third-order valence-corrected chi connectivity index (χ3v) is 3.09. The van der Waals surface area contributed by atoms with Crippen LogP contribution in [0.4, 0.5) is 0 Å². The predicted octanol–water partition coefficient (Wildman–Crippen LogP) is 3.16. The summed E-state index contributed by atoms with van der Waals surface area (Å²) in [6, 6.07) is 9.86. The largest absolute Gasteiger partial charge is 0.326 e. The second-order valence-corrected chi connectivity index (χ2v) is 4.47. The molecule has 76 valence electrons. The first kappa shape index (κ1) is 9.93. The van der Waals surface area contributed by atoms with Crippen molar-refractivity contribution in [2.45, 2.75) is 6.92 Å². The molecule has 0 radical (unpaired) electrons. The number of carbonyl (C=O) groups excluding carboxylic acids is 1. The third kappa shape index (κ3) is 2.07. The number of thiophene rings is 1. The van der Waals surface area contributed by atoms with Gasteiger partial charge in [0.2, 0.25) is 0 Å². The van der Waals surface area contributed by atoms with Crippen molar-refractivity contribution in [1.82, 2.24) is 5.32 Å². The highest BCUT2D eigenvalue weighted by atomic mass is 32.1. The highest BCUT2D eigenvalue weighted by Gasteiger charge is 2.08. The Kier molecular flexibility index (Phi) is 2.56. The molecule has 3 heteroatoms. The van der Waals surface area contributed by atoms with Crippen molar-refractivity contribution < 1.29 is 4.79 Å². The van der Waals surface area contributed by atoms with E-state index in [1.807, 2.05) is 30.3 Å². The van der Waals surface area contributed by atoms with E-state index < -0.39 is 0 Å². The van der Waals surface area contributed by atoms with E-state index in [2.05, 4.69) is 11.9 Å². The molecule has 1 aromatic heterocycles. The highest BCUT2D eigenvalue weighted by molar-refractivity contribution is 7.20. The van der Waals surface area contributed by atoms with Crippen LogP contribution in [0.3, 0.4) is 0 Å². The minimum atomic E-state index is -0.0799. The van der Waals surface area contributed by atoms with Crippen molar-refractivity contribution in [3.8, 4) is 0 Å². The molecular weight excluding hydrogens is 206 g/mol. The number of amides is 1. The molecule has 0 saturated heterocycles. The molecule has 2 aromatic rings. The van der Waals surface area contributed by atoms with Gasteiger partial charge in [-0.3, -0.25) is 4.79 Å². The number of carbonyl (C=O) groups is 1. The summed E-state index contributed by atoms with van der Waals surface area (Å²) >= 11 is 1.49. The maximum atomic E-state index is 11.7. The van der Waals surface area contributed by atoms with Crippen molar-refractivity contribution >= 4 is 27.3 Å². The van der Waals surface area contributed by atoms with Gasteiger partial charge in [0.25, 0.3) is 5.91 Å². The summed E-state index contributed by atoms with van der Waals surface area (Å²) in [4.78, 5) is 12.4. The van der Waals surface area contributed by atoms with Crippen LogP contribution in [0.5, 0.6) is 0 Å². The molecule has 15 heavy (non-hydrogen) atoms. The first-order chi connectivity index (χ1) is 7.16. The number of hydrogen-bond acceptors (Lipinski definition) is 2. The SMILES string of the molecule is C=C(C)NC(=O)c1cc2ccccc2s1. The Bertz CT molecular complexity index is 494. The van der Waals surface area contributed by atoms with Gasteiger partial charge in [0, 0.05) is 10.4 Å². The number of hydrogen-bond donors (Lipinski definition) is 1. The lowest BCUT2D eigenvalue weighted by molar-refractivity contribution is 0.0970. The molecule has 1 N–H and O–H groups in total. The van der Waals surface area contributed by atoms with Crippen LogP contribution in [0, 0.1) is 0 Å². The van der Waals surface area contributed by atoms with Crippen LogP contribution in [0.25, 0.3) is 10.1 Å². The quantitative estimate of drug-likeness (QED) is 0.822. The van der Waals surface area contributed by atoms with E-state index in [9.17, 15) is 4.79 Å². The Balaban J connectivity index is 2.36.